The maximum absolute atomic E-state index is 2.36. The molecule has 0 atom stereocenters. The first-order chi connectivity index (χ1) is 11.7. The van der Waals surface area contributed by atoms with Gasteiger partial charge in [-0.1, -0.05) is 126 Å². The van der Waals surface area contributed by atoms with E-state index < -0.39 is 0 Å². The van der Waals surface area contributed by atoms with Crippen molar-refractivity contribution in [3.63, 3.8) is 0 Å². The normalized spacial score (nSPS) is 13.2. The van der Waals surface area contributed by atoms with Crippen molar-refractivity contribution in [2.75, 3.05) is 0 Å². The average molecular weight is 327 g/mol. The molecule has 0 nitrogen and oxygen atoms in total. The minimum Gasteiger partial charge on any atom is -0.0683 e. The van der Waals surface area contributed by atoms with Crippen LogP contribution in [0.5, 0.6) is 0 Å². The molecule has 0 radical (unpaired) electrons. The molecule has 0 heteroatoms. The summed E-state index contributed by atoms with van der Waals surface area (Å²) >= 11 is 0. The molecule has 0 saturated heterocycles. The van der Waals surface area contributed by atoms with Crippen LogP contribution >= 0.6 is 0 Å². The summed E-state index contributed by atoms with van der Waals surface area (Å²) in [7, 11) is 0. The van der Waals surface area contributed by atoms with E-state index in [0.717, 1.165) is 12.3 Å². The highest BCUT2D eigenvalue weighted by atomic mass is 14.1. The third-order valence-electron chi connectivity index (χ3n) is 4.09. The number of benzene rings is 2. The van der Waals surface area contributed by atoms with Crippen LogP contribution < -0.4 is 0 Å². The Morgan fingerprint density at radius 3 is 1.46 bits per heavy atom. The number of aryl methyl sites for hydroxylation is 2. The molecule has 0 aromatic heterocycles. The smallest absolute Gasteiger partial charge is 0.0307 e. The van der Waals surface area contributed by atoms with Gasteiger partial charge in [-0.2, -0.15) is 0 Å². The van der Waals surface area contributed by atoms with E-state index in [9.17, 15) is 0 Å². The molecule has 0 unspecified atom stereocenters. The van der Waals surface area contributed by atoms with Gasteiger partial charge >= 0.3 is 0 Å². The predicted molar refractivity (Wildman–Crippen MR) is 111 cm³/mol. The van der Waals surface area contributed by atoms with Gasteiger partial charge in [0.15, 0.2) is 0 Å². The van der Waals surface area contributed by atoms with Crippen molar-refractivity contribution in [3.8, 4) is 0 Å². The van der Waals surface area contributed by atoms with Crippen molar-refractivity contribution in [1.29, 1.82) is 0 Å². The second-order valence-corrected chi connectivity index (χ2v) is 6.24. The van der Waals surface area contributed by atoms with Gasteiger partial charge in [0.05, 0.1) is 0 Å². The molecule has 1 fully saturated rings. The predicted octanol–water partition coefficient (Wildman–Crippen LogP) is 7.86. The third kappa shape index (κ3) is 12.9. The molecule has 0 spiro atoms. The largest absolute Gasteiger partial charge is 0.0683 e. The van der Waals surface area contributed by atoms with E-state index in [0.29, 0.717) is 0 Å². The number of rotatable bonds is 1. The molecule has 1 saturated carbocycles. The molecule has 2 aromatic carbocycles. The van der Waals surface area contributed by atoms with E-state index in [2.05, 4.69) is 57.2 Å². The summed E-state index contributed by atoms with van der Waals surface area (Å²) < 4.78 is 0. The Morgan fingerprint density at radius 1 is 0.750 bits per heavy atom. The molecule has 0 heterocycles. The Kier molecular flexibility index (Phi) is 15.2. The quantitative estimate of drug-likeness (QED) is 0.500. The van der Waals surface area contributed by atoms with Crippen molar-refractivity contribution in [3.05, 3.63) is 71.8 Å². The zero-order valence-electron chi connectivity index (χ0n) is 16.6. The van der Waals surface area contributed by atoms with Gasteiger partial charge in [-0.25, -0.2) is 0 Å². The lowest BCUT2D eigenvalue weighted by Gasteiger charge is -2.15. The summed E-state index contributed by atoms with van der Waals surface area (Å²) in [5.41, 5.74) is 2.73. The van der Waals surface area contributed by atoms with Crippen LogP contribution in [-0.4, -0.2) is 0 Å². The molecule has 0 N–H and O–H groups in total. The van der Waals surface area contributed by atoms with Gasteiger partial charge in [-0.3, -0.25) is 0 Å². The van der Waals surface area contributed by atoms with Crippen LogP contribution in [0.15, 0.2) is 60.7 Å². The molecule has 0 bridgehead atoms. The second kappa shape index (κ2) is 16.3. The van der Waals surface area contributed by atoms with Crippen LogP contribution in [0.4, 0.5) is 0 Å². The Labute approximate surface area is 151 Å². The second-order valence-electron chi connectivity index (χ2n) is 6.24. The number of hydrogen-bond donors (Lipinski definition) is 0. The summed E-state index contributed by atoms with van der Waals surface area (Å²) in [6.07, 6.45) is 8.58. The fourth-order valence-electron chi connectivity index (χ4n) is 2.55. The first-order valence-electron chi connectivity index (χ1n) is 9.78. The Hall–Kier alpha value is -1.56. The molecule has 1 aliphatic rings. The Bertz CT molecular complexity index is 452. The summed E-state index contributed by atoms with van der Waals surface area (Å²) in [5.74, 6) is 1.04. The molecule has 24 heavy (non-hydrogen) atoms. The Morgan fingerprint density at radius 2 is 1.21 bits per heavy atom. The maximum Gasteiger partial charge on any atom is -0.0307 e. The summed E-state index contributed by atoms with van der Waals surface area (Å²) in [6, 6.07) is 20.7. The molecule has 0 amide bonds. The lowest BCUT2D eigenvalue weighted by molar-refractivity contribution is 0.385. The maximum atomic E-state index is 2.36. The monoisotopic (exact) mass is 326 g/mol. The topological polar surface area (TPSA) is 0 Å². The minimum atomic E-state index is 1.04. The highest BCUT2D eigenvalue weighted by Crippen LogP contribution is 2.22. The van der Waals surface area contributed by atoms with Crippen LogP contribution in [0.3, 0.4) is 0 Å². The van der Waals surface area contributed by atoms with Crippen molar-refractivity contribution >= 4 is 0 Å². The fourth-order valence-corrected chi connectivity index (χ4v) is 2.55. The van der Waals surface area contributed by atoms with E-state index >= 15 is 0 Å². The van der Waals surface area contributed by atoms with Gasteiger partial charge in [-0.15, -0.1) is 0 Å². The molecule has 134 valence electrons. The highest BCUT2D eigenvalue weighted by molar-refractivity contribution is 5.14. The van der Waals surface area contributed by atoms with Crippen LogP contribution in [0, 0.1) is 12.8 Å². The van der Waals surface area contributed by atoms with E-state index in [1.165, 1.54) is 43.2 Å². The van der Waals surface area contributed by atoms with Crippen molar-refractivity contribution in [1.82, 2.24) is 0 Å². The van der Waals surface area contributed by atoms with Crippen molar-refractivity contribution in [2.24, 2.45) is 5.92 Å². The van der Waals surface area contributed by atoms with Crippen LogP contribution in [-0.2, 0) is 6.42 Å². The van der Waals surface area contributed by atoms with Gasteiger partial charge in [0.25, 0.3) is 0 Å². The zero-order chi connectivity index (χ0) is 18.0. The zero-order valence-corrected chi connectivity index (χ0v) is 16.6. The molecular formula is C24H38. The lowest BCUT2D eigenvalue weighted by Crippen LogP contribution is -1.99. The summed E-state index contributed by atoms with van der Waals surface area (Å²) in [4.78, 5) is 0. The highest BCUT2D eigenvalue weighted by Gasteiger charge is 2.05. The molecular weight excluding hydrogens is 288 g/mol. The van der Waals surface area contributed by atoms with Gasteiger partial charge in [-0.05, 0) is 24.8 Å². The molecule has 0 aliphatic heterocycles. The first-order valence-corrected chi connectivity index (χ1v) is 9.78. The van der Waals surface area contributed by atoms with Gasteiger partial charge < -0.3 is 0 Å². The van der Waals surface area contributed by atoms with Gasteiger partial charge in [0.1, 0.15) is 0 Å². The van der Waals surface area contributed by atoms with E-state index in [4.69, 9.17) is 0 Å². The molecule has 2 aromatic rings. The minimum absolute atomic E-state index is 1.04. The Balaban J connectivity index is 0.000000315. The van der Waals surface area contributed by atoms with E-state index in [-0.39, 0.29) is 0 Å². The lowest BCUT2D eigenvalue weighted by atomic mass is 9.91. The molecule has 3 rings (SSSR count). The average Bonchev–Trinajstić information content (AvgIpc) is 2.66. The third-order valence-corrected chi connectivity index (χ3v) is 4.09. The van der Waals surface area contributed by atoms with Gasteiger partial charge in [0.2, 0.25) is 0 Å². The fraction of sp³-hybridized carbons (Fsp3) is 0.500. The number of hydrogen-bond acceptors (Lipinski definition) is 0. The SMILES string of the molecule is CC.CC1CCCCC1.CCc1ccccc1.Cc1ccccc1. The van der Waals surface area contributed by atoms with Gasteiger partial charge in [0, 0.05) is 0 Å². The van der Waals surface area contributed by atoms with Crippen molar-refractivity contribution in [2.45, 2.75) is 73.1 Å². The molecule has 1 aliphatic carbocycles. The van der Waals surface area contributed by atoms with E-state index in [1.54, 1.807) is 0 Å². The van der Waals surface area contributed by atoms with Crippen LogP contribution in [0.25, 0.3) is 0 Å². The van der Waals surface area contributed by atoms with Crippen LogP contribution in [0.2, 0.25) is 0 Å². The van der Waals surface area contributed by atoms with Crippen LogP contribution in [0.1, 0.15) is 70.9 Å². The van der Waals surface area contributed by atoms with E-state index in [1.807, 2.05) is 38.1 Å². The first kappa shape index (κ1) is 22.4. The standard InChI is InChI=1S/C8H10.C7H14.C7H8.C2H6/c1-2-8-6-4-3-5-7-8;2*1-7-5-3-2-4-6-7;1-2/h3-7H,2H2,1H3;7H,2-6H2,1H3;2-6H,1H3;1-2H3. The summed E-state index contributed by atoms with van der Waals surface area (Å²) in [5, 5.41) is 0. The van der Waals surface area contributed by atoms with Crippen molar-refractivity contribution < 1.29 is 0 Å². The summed E-state index contributed by atoms with van der Waals surface area (Å²) in [6.45, 7) is 10.6.